The van der Waals surface area contributed by atoms with E-state index in [9.17, 15) is 4.79 Å². The Morgan fingerprint density at radius 3 is 3.00 bits per heavy atom. The molecular formula is C13H21ClN4O2. The van der Waals surface area contributed by atoms with Gasteiger partial charge in [0.25, 0.3) is 5.56 Å². The number of nitrogens with two attached hydrogens (primary N) is 1. The first kappa shape index (κ1) is 15.3. The Balaban J connectivity index is 2.36. The summed E-state index contributed by atoms with van der Waals surface area (Å²) in [7, 11) is 0. The fraction of sp³-hybridized carbons (Fsp3) is 0.692. The average molecular weight is 301 g/mol. The molecular weight excluding hydrogens is 280 g/mol. The molecule has 1 aliphatic rings. The van der Waals surface area contributed by atoms with Gasteiger partial charge < -0.3 is 15.7 Å². The summed E-state index contributed by atoms with van der Waals surface area (Å²) in [6.45, 7) is 2.80. The maximum atomic E-state index is 12.1. The van der Waals surface area contributed by atoms with Crippen LogP contribution in [-0.2, 0) is 6.54 Å². The van der Waals surface area contributed by atoms with Gasteiger partial charge in [-0.1, -0.05) is 11.6 Å². The van der Waals surface area contributed by atoms with E-state index in [4.69, 9.17) is 22.4 Å². The second-order valence-corrected chi connectivity index (χ2v) is 5.59. The summed E-state index contributed by atoms with van der Waals surface area (Å²) < 4.78 is 1.18. The maximum absolute atomic E-state index is 12.1. The molecule has 2 heterocycles. The van der Waals surface area contributed by atoms with Gasteiger partial charge in [0.1, 0.15) is 5.02 Å². The van der Waals surface area contributed by atoms with Crippen molar-refractivity contribution in [1.82, 2.24) is 9.78 Å². The Kier molecular flexibility index (Phi) is 5.01. The maximum Gasteiger partial charge on any atom is 0.287 e. The lowest BCUT2D eigenvalue weighted by molar-refractivity contribution is 0.266. The molecule has 0 radical (unpaired) electrons. The largest absolute Gasteiger partial charge is 0.394 e. The van der Waals surface area contributed by atoms with Crippen LogP contribution < -0.4 is 16.2 Å². The van der Waals surface area contributed by atoms with Crippen LogP contribution in [0.1, 0.15) is 26.2 Å². The molecule has 2 atom stereocenters. The zero-order valence-corrected chi connectivity index (χ0v) is 12.4. The van der Waals surface area contributed by atoms with Gasteiger partial charge in [0.2, 0.25) is 0 Å². The molecule has 1 aromatic rings. The van der Waals surface area contributed by atoms with Gasteiger partial charge in [-0.3, -0.25) is 4.79 Å². The van der Waals surface area contributed by atoms with Gasteiger partial charge in [0.15, 0.2) is 0 Å². The molecule has 7 heteroatoms. The van der Waals surface area contributed by atoms with Crippen molar-refractivity contribution in [3.8, 4) is 0 Å². The Morgan fingerprint density at radius 2 is 2.35 bits per heavy atom. The van der Waals surface area contributed by atoms with Crippen molar-refractivity contribution in [3.05, 3.63) is 21.6 Å². The molecule has 1 aromatic heterocycles. The monoisotopic (exact) mass is 300 g/mol. The van der Waals surface area contributed by atoms with Crippen molar-refractivity contribution in [3.63, 3.8) is 0 Å². The Bertz CT molecular complexity index is 518. The first-order valence-corrected chi connectivity index (χ1v) is 7.32. The van der Waals surface area contributed by atoms with E-state index in [1.807, 2.05) is 6.92 Å². The topological polar surface area (TPSA) is 84.4 Å². The zero-order chi connectivity index (χ0) is 14.7. The van der Waals surface area contributed by atoms with E-state index >= 15 is 0 Å². The number of aliphatic hydroxyl groups is 1. The number of aromatic nitrogens is 2. The van der Waals surface area contributed by atoms with Crippen LogP contribution in [0.4, 0.5) is 5.69 Å². The summed E-state index contributed by atoms with van der Waals surface area (Å²) in [5.41, 5.74) is 6.32. The molecule has 20 heavy (non-hydrogen) atoms. The van der Waals surface area contributed by atoms with Crippen LogP contribution in [0.2, 0.25) is 5.02 Å². The summed E-state index contributed by atoms with van der Waals surface area (Å²) in [5, 5.41) is 13.1. The molecule has 112 valence electrons. The first-order valence-electron chi connectivity index (χ1n) is 6.95. The summed E-state index contributed by atoms with van der Waals surface area (Å²) in [6.07, 6.45) is 4.78. The van der Waals surface area contributed by atoms with E-state index in [2.05, 4.69) is 10.00 Å². The third-order valence-corrected chi connectivity index (χ3v) is 4.10. The SMILES string of the molecule is CC(N)C1CCCCN1c1cnn(CCO)c(=O)c1Cl. The van der Waals surface area contributed by atoms with Crippen molar-refractivity contribution in [2.45, 2.75) is 44.8 Å². The smallest absolute Gasteiger partial charge is 0.287 e. The number of piperidine rings is 1. The highest BCUT2D eigenvalue weighted by atomic mass is 35.5. The lowest BCUT2D eigenvalue weighted by Gasteiger charge is -2.39. The molecule has 3 N–H and O–H groups in total. The van der Waals surface area contributed by atoms with E-state index in [1.165, 1.54) is 4.68 Å². The third-order valence-electron chi connectivity index (χ3n) is 3.74. The number of aliphatic hydroxyl groups excluding tert-OH is 1. The van der Waals surface area contributed by atoms with Crippen LogP contribution in [0.5, 0.6) is 0 Å². The van der Waals surface area contributed by atoms with Gasteiger partial charge in [-0.25, -0.2) is 4.68 Å². The van der Waals surface area contributed by atoms with Crippen molar-refractivity contribution in [2.75, 3.05) is 18.1 Å². The van der Waals surface area contributed by atoms with Crippen LogP contribution in [0.25, 0.3) is 0 Å². The minimum Gasteiger partial charge on any atom is -0.394 e. The number of hydrogen-bond donors (Lipinski definition) is 2. The van der Waals surface area contributed by atoms with E-state index in [1.54, 1.807) is 6.20 Å². The summed E-state index contributed by atoms with van der Waals surface area (Å²) in [6, 6.07) is 0.183. The summed E-state index contributed by atoms with van der Waals surface area (Å²) in [5.74, 6) is 0. The number of anilines is 1. The minimum absolute atomic E-state index is 0.00578. The quantitative estimate of drug-likeness (QED) is 0.850. The van der Waals surface area contributed by atoms with Gasteiger partial charge >= 0.3 is 0 Å². The number of halogens is 1. The summed E-state index contributed by atoms with van der Waals surface area (Å²) in [4.78, 5) is 14.2. The second-order valence-electron chi connectivity index (χ2n) is 5.21. The van der Waals surface area contributed by atoms with Crippen LogP contribution in [0, 0.1) is 0 Å². The van der Waals surface area contributed by atoms with Gasteiger partial charge in [0.05, 0.1) is 25.0 Å². The average Bonchev–Trinajstić information content (AvgIpc) is 2.44. The lowest BCUT2D eigenvalue weighted by atomic mass is 9.96. The molecule has 2 unspecified atom stereocenters. The van der Waals surface area contributed by atoms with Crippen molar-refractivity contribution in [2.24, 2.45) is 5.73 Å². The van der Waals surface area contributed by atoms with Gasteiger partial charge in [-0.05, 0) is 26.2 Å². The molecule has 1 saturated heterocycles. The molecule has 0 aliphatic carbocycles. The molecule has 0 aromatic carbocycles. The molecule has 0 bridgehead atoms. The third kappa shape index (κ3) is 2.97. The predicted octanol–water partition coefficient (Wildman–Crippen LogP) is 0.595. The van der Waals surface area contributed by atoms with E-state index < -0.39 is 0 Å². The highest BCUT2D eigenvalue weighted by molar-refractivity contribution is 6.33. The standard InChI is InChI=1S/C13H21ClN4O2/c1-9(15)10-4-2-3-5-17(10)11-8-16-18(6-7-19)13(20)12(11)14/h8-10,19H,2-7,15H2,1H3. The molecule has 2 rings (SSSR count). The van der Waals surface area contributed by atoms with Crippen LogP contribution in [0.3, 0.4) is 0 Å². The molecule has 0 amide bonds. The van der Waals surface area contributed by atoms with Crippen LogP contribution in [-0.4, -0.2) is 40.1 Å². The van der Waals surface area contributed by atoms with Gasteiger partial charge in [-0.15, -0.1) is 0 Å². The Morgan fingerprint density at radius 1 is 1.60 bits per heavy atom. The zero-order valence-electron chi connectivity index (χ0n) is 11.6. The highest BCUT2D eigenvalue weighted by Gasteiger charge is 2.28. The molecule has 1 fully saturated rings. The highest BCUT2D eigenvalue weighted by Crippen LogP contribution is 2.29. The van der Waals surface area contributed by atoms with Crippen molar-refractivity contribution >= 4 is 17.3 Å². The van der Waals surface area contributed by atoms with Gasteiger partial charge in [-0.2, -0.15) is 5.10 Å². The van der Waals surface area contributed by atoms with E-state index in [-0.39, 0.29) is 35.8 Å². The normalized spacial score (nSPS) is 21.0. The number of hydrogen-bond acceptors (Lipinski definition) is 5. The fourth-order valence-electron chi connectivity index (χ4n) is 2.71. The van der Waals surface area contributed by atoms with E-state index in [0.717, 1.165) is 25.8 Å². The van der Waals surface area contributed by atoms with Crippen LogP contribution >= 0.6 is 11.6 Å². The fourth-order valence-corrected chi connectivity index (χ4v) is 2.97. The van der Waals surface area contributed by atoms with Crippen LogP contribution in [0.15, 0.2) is 11.0 Å². The summed E-state index contributed by atoms with van der Waals surface area (Å²) >= 11 is 6.20. The van der Waals surface area contributed by atoms with Crippen molar-refractivity contribution in [1.29, 1.82) is 0 Å². The predicted molar refractivity (Wildman–Crippen MR) is 79.2 cm³/mol. The Hall–Kier alpha value is -1.11. The van der Waals surface area contributed by atoms with Crippen molar-refractivity contribution < 1.29 is 5.11 Å². The molecule has 0 saturated carbocycles. The molecule has 1 aliphatic heterocycles. The van der Waals surface area contributed by atoms with Gasteiger partial charge in [0, 0.05) is 18.6 Å². The number of nitrogens with zero attached hydrogens (tertiary/aromatic N) is 3. The number of rotatable bonds is 4. The minimum atomic E-state index is -0.368. The molecule has 0 spiro atoms. The second kappa shape index (κ2) is 6.56. The molecule has 6 nitrogen and oxygen atoms in total. The first-order chi connectivity index (χ1) is 9.56. The lowest BCUT2D eigenvalue weighted by Crippen LogP contribution is -2.50. The Labute approximate surface area is 123 Å². The van der Waals surface area contributed by atoms with E-state index in [0.29, 0.717) is 5.69 Å².